The number of carbonyl (C=O) groups is 1. The molecule has 0 aliphatic rings. The van der Waals surface area contributed by atoms with Crippen LogP contribution in [-0.4, -0.2) is 24.2 Å². The Hall–Kier alpha value is -1.56. The average molecular weight is 370 g/mol. The lowest BCUT2D eigenvalue weighted by Gasteiger charge is -2.24. The highest BCUT2D eigenvalue weighted by Crippen LogP contribution is 2.30. The highest BCUT2D eigenvalue weighted by atomic mass is 79.9. The molecular formula is C15H14BrClN2O2. The fourth-order valence-corrected chi connectivity index (χ4v) is 2.55. The zero-order valence-corrected chi connectivity index (χ0v) is 13.4. The summed E-state index contributed by atoms with van der Waals surface area (Å²) in [6.07, 6.45) is 0. The summed E-state index contributed by atoms with van der Waals surface area (Å²) >= 11 is 9.47. The standard InChI is InChI=1S/C15H14BrClN2O2/c16-11-5-3-4-10(14(11)17)15(21)19(8-9-20)13-7-2-1-6-12(13)18/h1-7,20H,8-9,18H2. The molecule has 0 bridgehead atoms. The zero-order chi connectivity index (χ0) is 15.4. The van der Waals surface area contributed by atoms with Gasteiger partial charge in [0.25, 0.3) is 5.91 Å². The quantitative estimate of drug-likeness (QED) is 0.812. The molecule has 2 rings (SSSR count). The maximum Gasteiger partial charge on any atom is 0.259 e. The topological polar surface area (TPSA) is 66.6 Å². The van der Waals surface area contributed by atoms with Crippen molar-refractivity contribution in [3.63, 3.8) is 0 Å². The van der Waals surface area contributed by atoms with Crippen LogP contribution in [0.2, 0.25) is 5.02 Å². The number of rotatable bonds is 4. The van der Waals surface area contributed by atoms with Gasteiger partial charge in [-0.15, -0.1) is 0 Å². The number of amides is 1. The van der Waals surface area contributed by atoms with Gasteiger partial charge < -0.3 is 15.7 Å². The first-order chi connectivity index (χ1) is 10.1. The Kier molecular flexibility index (Phi) is 5.22. The van der Waals surface area contributed by atoms with Crippen molar-refractivity contribution in [2.24, 2.45) is 0 Å². The lowest BCUT2D eigenvalue weighted by Crippen LogP contribution is -2.34. The number of nitrogen functional groups attached to an aromatic ring is 1. The molecule has 0 aromatic heterocycles. The van der Waals surface area contributed by atoms with Crippen molar-refractivity contribution >= 4 is 44.8 Å². The van der Waals surface area contributed by atoms with Gasteiger partial charge in [-0.05, 0) is 40.2 Å². The molecule has 110 valence electrons. The SMILES string of the molecule is Nc1ccccc1N(CCO)C(=O)c1cccc(Br)c1Cl. The molecule has 3 N–H and O–H groups in total. The smallest absolute Gasteiger partial charge is 0.259 e. The monoisotopic (exact) mass is 368 g/mol. The van der Waals surface area contributed by atoms with Crippen molar-refractivity contribution in [1.82, 2.24) is 0 Å². The molecule has 0 saturated carbocycles. The van der Waals surface area contributed by atoms with Gasteiger partial charge in [-0.25, -0.2) is 0 Å². The molecule has 4 nitrogen and oxygen atoms in total. The number of hydrogen-bond donors (Lipinski definition) is 2. The van der Waals surface area contributed by atoms with Gasteiger partial charge in [-0.1, -0.05) is 29.8 Å². The van der Waals surface area contributed by atoms with Gasteiger partial charge in [0, 0.05) is 11.0 Å². The molecule has 2 aromatic carbocycles. The molecule has 0 spiro atoms. The van der Waals surface area contributed by atoms with E-state index in [-0.39, 0.29) is 19.1 Å². The first-order valence-electron chi connectivity index (χ1n) is 6.27. The second-order valence-corrected chi connectivity index (χ2v) is 5.57. The zero-order valence-electron chi connectivity index (χ0n) is 11.1. The van der Waals surface area contributed by atoms with Crippen LogP contribution in [-0.2, 0) is 0 Å². The number of aliphatic hydroxyl groups excluding tert-OH is 1. The minimum absolute atomic E-state index is 0.135. The molecule has 0 atom stereocenters. The van der Waals surface area contributed by atoms with E-state index in [4.69, 9.17) is 17.3 Å². The van der Waals surface area contributed by atoms with Gasteiger partial charge >= 0.3 is 0 Å². The van der Waals surface area contributed by atoms with E-state index in [0.717, 1.165) is 0 Å². The van der Waals surface area contributed by atoms with Crippen molar-refractivity contribution in [3.8, 4) is 0 Å². The van der Waals surface area contributed by atoms with Crippen molar-refractivity contribution in [2.45, 2.75) is 0 Å². The van der Waals surface area contributed by atoms with Crippen LogP contribution in [0, 0.1) is 0 Å². The minimum atomic E-state index is -0.312. The summed E-state index contributed by atoms with van der Waals surface area (Å²) in [7, 11) is 0. The number of nitrogens with two attached hydrogens (primary N) is 1. The Morgan fingerprint density at radius 1 is 1.24 bits per heavy atom. The lowest BCUT2D eigenvalue weighted by atomic mass is 10.1. The van der Waals surface area contributed by atoms with E-state index in [2.05, 4.69) is 15.9 Å². The van der Waals surface area contributed by atoms with Crippen LogP contribution >= 0.6 is 27.5 Å². The van der Waals surface area contributed by atoms with E-state index in [1.165, 1.54) is 4.90 Å². The van der Waals surface area contributed by atoms with E-state index in [1.54, 1.807) is 42.5 Å². The highest BCUT2D eigenvalue weighted by Gasteiger charge is 2.22. The molecule has 0 heterocycles. The third kappa shape index (κ3) is 3.37. The number of nitrogens with zero attached hydrogens (tertiary/aromatic N) is 1. The Balaban J connectivity index is 2.46. The van der Waals surface area contributed by atoms with Crippen molar-refractivity contribution in [2.75, 3.05) is 23.8 Å². The first kappa shape index (κ1) is 15.8. The van der Waals surface area contributed by atoms with Crippen LogP contribution in [0.5, 0.6) is 0 Å². The van der Waals surface area contributed by atoms with Gasteiger partial charge in [-0.2, -0.15) is 0 Å². The van der Waals surface area contributed by atoms with Crippen LogP contribution < -0.4 is 10.6 Å². The number of para-hydroxylation sites is 2. The number of hydrogen-bond acceptors (Lipinski definition) is 3. The molecule has 0 unspecified atom stereocenters. The van der Waals surface area contributed by atoms with Crippen LogP contribution in [0.3, 0.4) is 0 Å². The fraction of sp³-hybridized carbons (Fsp3) is 0.133. The Morgan fingerprint density at radius 2 is 1.95 bits per heavy atom. The van der Waals surface area contributed by atoms with E-state index in [9.17, 15) is 9.90 Å². The fourth-order valence-electron chi connectivity index (χ4n) is 1.98. The molecule has 0 fully saturated rings. The summed E-state index contributed by atoms with van der Waals surface area (Å²) in [5, 5.41) is 9.56. The number of aliphatic hydroxyl groups is 1. The Bertz CT molecular complexity index is 664. The van der Waals surface area contributed by atoms with Crippen LogP contribution in [0.15, 0.2) is 46.9 Å². The maximum atomic E-state index is 12.7. The van der Waals surface area contributed by atoms with Crippen LogP contribution in [0.1, 0.15) is 10.4 Å². The molecule has 0 aliphatic heterocycles. The highest BCUT2D eigenvalue weighted by molar-refractivity contribution is 9.10. The number of anilines is 2. The summed E-state index contributed by atoms with van der Waals surface area (Å²) in [5.41, 5.74) is 7.28. The third-order valence-corrected chi connectivity index (χ3v) is 4.27. The summed E-state index contributed by atoms with van der Waals surface area (Å²) in [5.74, 6) is -0.312. The average Bonchev–Trinajstić information content (AvgIpc) is 2.48. The van der Waals surface area contributed by atoms with E-state index >= 15 is 0 Å². The summed E-state index contributed by atoms with van der Waals surface area (Å²) in [6, 6.07) is 12.1. The molecule has 0 radical (unpaired) electrons. The molecule has 6 heteroatoms. The van der Waals surface area contributed by atoms with Gasteiger partial charge in [0.1, 0.15) is 0 Å². The second kappa shape index (κ2) is 6.93. The number of carbonyl (C=O) groups excluding carboxylic acids is 1. The van der Waals surface area contributed by atoms with E-state index in [1.807, 2.05) is 0 Å². The van der Waals surface area contributed by atoms with Crippen LogP contribution in [0.4, 0.5) is 11.4 Å². The van der Waals surface area contributed by atoms with E-state index in [0.29, 0.717) is 26.4 Å². The van der Waals surface area contributed by atoms with Crippen LogP contribution in [0.25, 0.3) is 0 Å². The molecule has 0 saturated heterocycles. The molecule has 0 aliphatic carbocycles. The lowest BCUT2D eigenvalue weighted by molar-refractivity contribution is 0.0981. The second-order valence-electron chi connectivity index (χ2n) is 4.34. The Morgan fingerprint density at radius 3 is 2.62 bits per heavy atom. The molecule has 1 amide bonds. The normalized spacial score (nSPS) is 10.4. The summed E-state index contributed by atoms with van der Waals surface area (Å²) in [6.45, 7) is -0.0401. The molecule has 2 aromatic rings. The number of benzene rings is 2. The molecular weight excluding hydrogens is 356 g/mol. The predicted octanol–water partition coefficient (Wildman–Crippen LogP) is 3.32. The van der Waals surface area contributed by atoms with Gasteiger partial charge in [0.15, 0.2) is 0 Å². The van der Waals surface area contributed by atoms with Crippen molar-refractivity contribution in [3.05, 3.63) is 57.5 Å². The first-order valence-corrected chi connectivity index (χ1v) is 7.44. The predicted molar refractivity (Wildman–Crippen MR) is 88.8 cm³/mol. The van der Waals surface area contributed by atoms with Gasteiger partial charge in [-0.3, -0.25) is 4.79 Å². The number of halogens is 2. The third-order valence-electron chi connectivity index (χ3n) is 2.98. The summed E-state index contributed by atoms with van der Waals surface area (Å²) < 4.78 is 0.639. The van der Waals surface area contributed by atoms with Gasteiger partial charge in [0.05, 0.1) is 28.6 Å². The van der Waals surface area contributed by atoms with Gasteiger partial charge in [0.2, 0.25) is 0 Å². The van der Waals surface area contributed by atoms with Crippen molar-refractivity contribution in [1.29, 1.82) is 0 Å². The Labute approximate surface area is 136 Å². The largest absolute Gasteiger partial charge is 0.397 e. The van der Waals surface area contributed by atoms with E-state index < -0.39 is 0 Å². The van der Waals surface area contributed by atoms with Crippen molar-refractivity contribution < 1.29 is 9.90 Å². The summed E-state index contributed by atoms with van der Waals surface area (Å²) in [4.78, 5) is 14.1. The minimum Gasteiger partial charge on any atom is -0.397 e. The molecule has 21 heavy (non-hydrogen) atoms. The maximum absolute atomic E-state index is 12.7.